The van der Waals surface area contributed by atoms with Crippen LogP contribution in [-0.4, -0.2) is 59.4 Å². The van der Waals surface area contributed by atoms with Crippen LogP contribution in [0.5, 0.6) is 0 Å². The van der Waals surface area contributed by atoms with Crippen LogP contribution in [0, 0.1) is 0 Å². The molecule has 0 saturated carbocycles. The van der Waals surface area contributed by atoms with Crippen LogP contribution in [0.15, 0.2) is 109 Å². The van der Waals surface area contributed by atoms with E-state index < -0.39 is 35.4 Å². The number of unbranched alkanes of at least 4 members (excludes halogenated alkanes) is 3. The van der Waals surface area contributed by atoms with Gasteiger partial charge in [-0.25, -0.2) is 4.79 Å². The number of carbonyl (C=O) groups excluding carboxylic acids is 5. The van der Waals surface area contributed by atoms with Crippen molar-refractivity contribution >= 4 is 35.4 Å². The third-order valence-corrected chi connectivity index (χ3v) is 9.39. The van der Waals surface area contributed by atoms with Gasteiger partial charge >= 0.3 is 23.9 Å². The molecule has 0 saturated heterocycles. The Hall–Kier alpha value is -5.90. The Morgan fingerprint density at radius 2 is 1.18 bits per heavy atom. The van der Waals surface area contributed by atoms with E-state index in [9.17, 15) is 33.9 Å². The number of ether oxygens (including phenoxy) is 3. The summed E-state index contributed by atoms with van der Waals surface area (Å²) in [6.07, 6.45) is 2.34. The first kappa shape index (κ1) is 41.9. The zero-order chi connectivity index (χ0) is 39.6. The molecule has 0 spiro atoms. The maximum absolute atomic E-state index is 12.8. The van der Waals surface area contributed by atoms with Crippen molar-refractivity contribution in [1.29, 1.82) is 0 Å². The number of ketones is 2. The molecule has 0 radical (unpaired) electrons. The fourth-order valence-electron chi connectivity index (χ4n) is 6.05. The summed E-state index contributed by atoms with van der Waals surface area (Å²) in [4.78, 5) is 75.7. The Balaban J connectivity index is 1.12. The number of carboxylic acids is 1. The third-order valence-electron chi connectivity index (χ3n) is 9.39. The van der Waals surface area contributed by atoms with E-state index in [1.165, 1.54) is 0 Å². The van der Waals surface area contributed by atoms with E-state index in [1.807, 2.05) is 12.1 Å². The van der Waals surface area contributed by atoms with Crippen molar-refractivity contribution in [3.63, 3.8) is 0 Å². The summed E-state index contributed by atoms with van der Waals surface area (Å²) in [5.74, 6) is -3.60. The highest BCUT2D eigenvalue weighted by atomic mass is 16.6. The quantitative estimate of drug-likeness (QED) is 0.0362. The van der Waals surface area contributed by atoms with Crippen molar-refractivity contribution in [2.45, 2.75) is 83.2 Å². The number of hydrogen-bond donors (Lipinski definition) is 1. The lowest BCUT2D eigenvalue weighted by Gasteiger charge is -2.28. The van der Waals surface area contributed by atoms with Crippen molar-refractivity contribution in [2.75, 3.05) is 13.2 Å². The molecule has 55 heavy (non-hydrogen) atoms. The van der Waals surface area contributed by atoms with E-state index in [-0.39, 0.29) is 50.5 Å². The molecule has 288 valence electrons. The molecule has 4 aromatic carbocycles. The van der Waals surface area contributed by atoms with E-state index in [4.69, 9.17) is 14.2 Å². The molecule has 0 aliphatic heterocycles. The second-order valence-electron chi connectivity index (χ2n) is 13.4. The summed E-state index contributed by atoms with van der Waals surface area (Å²) in [6.45, 7) is 3.59. The lowest BCUT2D eigenvalue weighted by Crippen LogP contribution is -2.43. The molecule has 0 aliphatic carbocycles. The van der Waals surface area contributed by atoms with Gasteiger partial charge in [-0.3, -0.25) is 24.0 Å². The minimum absolute atomic E-state index is 0.0113. The fourth-order valence-corrected chi connectivity index (χ4v) is 6.05. The summed E-state index contributed by atoms with van der Waals surface area (Å²) >= 11 is 0. The molecule has 0 fully saturated rings. The van der Waals surface area contributed by atoms with Crippen LogP contribution < -0.4 is 0 Å². The van der Waals surface area contributed by atoms with Crippen molar-refractivity contribution in [3.8, 4) is 0 Å². The topological polar surface area (TPSA) is 150 Å². The molecule has 0 unspecified atom stereocenters. The third kappa shape index (κ3) is 12.6. The summed E-state index contributed by atoms with van der Waals surface area (Å²) in [5.41, 5.74) is 1.69. The van der Waals surface area contributed by atoms with Crippen LogP contribution in [0.3, 0.4) is 0 Å². The Morgan fingerprint density at radius 1 is 0.618 bits per heavy atom. The molecule has 10 nitrogen and oxygen atoms in total. The maximum atomic E-state index is 12.8. The molecular formula is C45H48O10. The fraction of sp³-hybridized carbons (Fsp3) is 0.333. The first-order valence-corrected chi connectivity index (χ1v) is 18.7. The Kier molecular flexibility index (Phi) is 16.1. The predicted octanol–water partition coefficient (Wildman–Crippen LogP) is 8.09. The Labute approximate surface area is 321 Å². The first-order valence-electron chi connectivity index (χ1n) is 18.7. The van der Waals surface area contributed by atoms with Crippen LogP contribution in [-0.2, 0) is 39.8 Å². The van der Waals surface area contributed by atoms with Gasteiger partial charge in [0.2, 0.25) is 5.60 Å². The standard InChI is InChI=1S/C45H48O10/c1-3-45(44(51)52,26-12-14-27-53-40(47)30-33-17-15-23-37(29-33)41(48)34-18-7-4-8-19-34)55-39(46)25-11-6-13-28-54-43(50)32(2)36-22-16-24-38(31-36)42(49)35-20-9-5-10-21-35/h4-5,7-10,15-24,29,31-32H,3,6,11-14,25-28,30H2,1-2H3,(H,51,52)/t32-,45-/m0/s1. The number of hydrogen-bond acceptors (Lipinski definition) is 9. The monoisotopic (exact) mass is 748 g/mol. The lowest BCUT2D eigenvalue weighted by molar-refractivity contribution is -0.180. The molecule has 10 heteroatoms. The molecule has 1 N–H and O–H groups in total. The Bertz CT molecular complexity index is 1920. The van der Waals surface area contributed by atoms with Gasteiger partial charge in [0.05, 0.1) is 25.6 Å². The predicted molar refractivity (Wildman–Crippen MR) is 206 cm³/mol. The van der Waals surface area contributed by atoms with E-state index in [0.29, 0.717) is 65.5 Å². The van der Waals surface area contributed by atoms with Gasteiger partial charge in [0.1, 0.15) is 0 Å². The number of esters is 3. The van der Waals surface area contributed by atoms with Crippen molar-refractivity contribution in [3.05, 3.63) is 143 Å². The molecule has 2 atom stereocenters. The van der Waals surface area contributed by atoms with Crippen LogP contribution in [0.2, 0.25) is 0 Å². The highest BCUT2D eigenvalue weighted by Crippen LogP contribution is 2.26. The second kappa shape index (κ2) is 21.1. The zero-order valence-corrected chi connectivity index (χ0v) is 31.4. The van der Waals surface area contributed by atoms with Gasteiger partial charge in [0, 0.05) is 28.7 Å². The van der Waals surface area contributed by atoms with Gasteiger partial charge in [-0.1, -0.05) is 104 Å². The minimum Gasteiger partial charge on any atom is -0.478 e. The zero-order valence-electron chi connectivity index (χ0n) is 31.4. The number of carboxylic acid groups (broad SMARTS) is 1. The maximum Gasteiger partial charge on any atom is 0.348 e. The summed E-state index contributed by atoms with van der Waals surface area (Å²) in [5, 5.41) is 9.98. The number of benzene rings is 4. The van der Waals surface area contributed by atoms with E-state index in [1.54, 1.807) is 111 Å². The molecule has 4 rings (SSSR count). The Morgan fingerprint density at radius 3 is 1.80 bits per heavy atom. The van der Waals surface area contributed by atoms with Crippen molar-refractivity contribution < 1.29 is 48.1 Å². The highest BCUT2D eigenvalue weighted by molar-refractivity contribution is 6.09. The first-order chi connectivity index (χ1) is 26.5. The minimum atomic E-state index is -1.69. The smallest absolute Gasteiger partial charge is 0.348 e. The largest absolute Gasteiger partial charge is 0.478 e. The van der Waals surface area contributed by atoms with Crippen LogP contribution >= 0.6 is 0 Å². The number of carbonyl (C=O) groups is 6. The average molecular weight is 749 g/mol. The normalized spacial score (nSPS) is 12.5. The SMILES string of the molecule is CC[C@@](CCCCOC(=O)Cc1cccc(C(=O)c2ccccc2)c1)(OC(=O)CCCCCOC(=O)[C@@H](C)c1cccc(C(=O)c2ccccc2)c1)C(=O)O. The summed E-state index contributed by atoms with van der Waals surface area (Å²) in [7, 11) is 0. The van der Waals surface area contributed by atoms with E-state index in [2.05, 4.69) is 0 Å². The van der Waals surface area contributed by atoms with Gasteiger partial charge in [-0.05, 0) is 75.1 Å². The molecular weight excluding hydrogens is 700 g/mol. The summed E-state index contributed by atoms with van der Waals surface area (Å²) in [6, 6.07) is 31.5. The van der Waals surface area contributed by atoms with Crippen LogP contribution in [0.25, 0.3) is 0 Å². The highest BCUT2D eigenvalue weighted by Gasteiger charge is 2.40. The lowest BCUT2D eigenvalue weighted by atomic mass is 9.93. The molecule has 0 aliphatic rings. The van der Waals surface area contributed by atoms with Gasteiger partial charge in [-0.15, -0.1) is 0 Å². The molecule has 0 heterocycles. The van der Waals surface area contributed by atoms with Crippen LogP contribution in [0.4, 0.5) is 0 Å². The number of rotatable bonds is 22. The van der Waals surface area contributed by atoms with Gasteiger partial charge < -0.3 is 19.3 Å². The average Bonchev–Trinajstić information content (AvgIpc) is 3.21. The van der Waals surface area contributed by atoms with E-state index >= 15 is 0 Å². The van der Waals surface area contributed by atoms with E-state index in [0.717, 1.165) is 0 Å². The van der Waals surface area contributed by atoms with Gasteiger partial charge in [0.25, 0.3) is 0 Å². The van der Waals surface area contributed by atoms with Gasteiger partial charge in [0.15, 0.2) is 11.6 Å². The number of aliphatic carboxylic acids is 1. The van der Waals surface area contributed by atoms with Crippen LogP contribution in [0.1, 0.15) is 114 Å². The molecule has 0 amide bonds. The summed E-state index contributed by atoms with van der Waals surface area (Å²) < 4.78 is 16.3. The second-order valence-corrected chi connectivity index (χ2v) is 13.4. The molecule has 0 bridgehead atoms. The van der Waals surface area contributed by atoms with Crippen molar-refractivity contribution in [1.82, 2.24) is 0 Å². The molecule has 0 aromatic heterocycles. The van der Waals surface area contributed by atoms with Gasteiger partial charge in [-0.2, -0.15) is 0 Å². The van der Waals surface area contributed by atoms with Crippen molar-refractivity contribution in [2.24, 2.45) is 0 Å². The molecule has 4 aromatic rings.